The first-order chi connectivity index (χ1) is 22.6. The fraction of sp³-hybridized carbons (Fsp3) is 0.951. The van der Waals surface area contributed by atoms with Gasteiger partial charge in [0.2, 0.25) is 0 Å². The molecule has 0 rings (SSSR count). The van der Waals surface area contributed by atoms with Crippen molar-refractivity contribution in [2.24, 2.45) is 0 Å². The number of carbonyl (C=O) groups excluding carboxylic acids is 2. The van der Waals surface area contributed by atoms with Gasteiger partial charge in [0.25, 0.3) is 0 Å². The van der Waals surface area contributed by atoms with E-state index in [9.17, 15) is 14.7 Å². The van der Waals surface area contributed by atoms with Gasteiger partial charge in [0.15, 0.2) is 6.10 Å². The average molecular weight is 653 g/mol. The lowest BCUT2D eigenvalue weighted by Crippen LogP contribution is -2.28. The minimum Gasteiger partial charge on any atom is -0.462 e. The monoisotopic (exact) mass is 653 g/mol. The highest BCUT2D eigenvalue weighted by atomic mass is 16.6. The molecule has 1 N–H and O–H groups in total. The zero-order chi connectivity index (χ0) is 33.6. The quantitative estimate of drug-likeness (QED) is 0.0531. The lowest BCUT2D eigenvalue weighted by molar-refractivity contribution is -0.161. The molecule has 0 aliphatic heterocycles. The molecule has 274 valence electrons. The lowest BCUT2D eigenvalue weighted by atomic mass is 10.0. The molecule has 0 aromatic heterocycles. The van der Waals surface area contributed by atoms with Gasteiger partial charge in [0.1, 0.15) is 6.61 Å². The summed E-state index contributed by atoms with van der Waals surface area (Å²) >= 11 is 0. The number of hydrogen-bond donors (Lipinski definition) is 1. The Bertz CT molecular complexity index is 622. The van der Waals surface area contributed by atoms with E-state index in [1.54, 1.807) is 0 Å². The van der Waals surface area contributed by atoms with E-state index in [1.165, 1.54) is 173 Å². The fourth-order valence-corrected chi connectivity index (χ4v) is 6.26. The van der Waals surface area contributed by atoms with Crippen LogP contribution in [0.25, 0.3) is 0 Å². The van der Waals surface area contributed by atoms with Crippen LogP contribution >= 0.6 is 0 Å². The summed E-state index contributed by atoms with van der Waals surface area (Å²) < 4.78 is 10.6. The highest BCUT2D eigenvalue weighted by molar-refractivity contribution is 5.70. The molecule has 0 heterocycles. The molecule has 0 aliphatic carbocycles. The van der Waals surface area contributed by atoms with Gasteiger partial charge in [0.05, 0.1) is 6.61 Å². The molecule has 5 heteroatoms. The minimum atomic E-state index is -0.761. The zero-order valence-corrected chi connectivity index (χ0v) is 31.1. The Hall–Kier alpha value is -1.10. The van der Waals surface area contributed by atoms with Crippen molar-refractivity contribution < 1.29 is 24.2 Å². The number of rotatable bonds is 38. The highest BCUT2D eigenvalue weighted by Gasteiger charge is 2.16. The van der Waals surface area contributed by atoms with Crippen molar-refractivity contribution in [3.8, 4) is 0 Å². The molecule has 46 heavy (non-hydrogen) atoms. The molecule has 0 bridgehead atoms. The van der Waals surface area contributed by atoms with E-state index in [-0.39, 0.29) is 25.2 Å². The minimum absolute atomic E-state index is 0.0568. The molecule has 0 amide bonds. The van der Waals surface area contributed by atoms with Gasteiger partial charge in [-0.2, -0.15) is 0 Å². The summed E-state index contributed by atoms with van der Waals surface area (Å²) in [4.78, 5) is 24.2. The molecule has 0 saturated carbocycles. The van der Waals surface area contributed by atoms with Gasteiger partial charge < -0.3 is 14.6 Å². The summed E-state index contributed by atoms with van der Waals surface area (Å²) in [6.07, 6.45) is 41.7. The first-order valence-corrected chi connectivity index (χ1v) is 20.6. The predicted octanol–water partition coefficient (Wildman–Crippen LogP) is 12.7. The van der Waals surface area contributed by atoms with Gasteiger partial charge in [-0.15, -0.1) is 0 Å². The van der Waals surface area contributed by atoms with Crippen LogP contribution in [-0.2, 0) is 19.1 Å². The Balaban J connectivity index is 3.47. The average Bonchev–Trinajstić information content (AvgIpc) is 3.06. The maximum Gasteiger partial charge on any atom is 0.306 e. The van der Waals surface area contributed by atoms with E-state index >= 15 is 0 Å². The topological polar surface area (TPSA) is 72.8 Å². The predicted molar refractivity (Wildman–Crippen MR) is 196 cm³/mol. The van der Waals surface area contributed by atoms with Crippen molar-refractivity contribution in [2.45, 2.75) is 238 Å². The van der Waals surface area contributed by atoms with Crippen molar-refractivity contribution in [1.29, 1.82) is 0 Å². The molecular weight excluding hydrogens is 572 g/mol. The van der Waals surface area contributed by atoms with E-state index < -0.39 is 6.10 Å². The Labute approximate surface area is 287 Å². The second kappa shape index (κ2) is 38.3. The molecule has 1 atom stereocenters. The summed E-state index contributed by atoms with van der Waals surface area (Å²) in [5, 5.41) is 9.55. The molecule has 0 fully saturated rings. The van der Waals surface area contributed by atoms with Crippen LogP contribution in [-0.4, -0.2) is 36.4 Å². The van der Waals surface area contributed by atoms with Crippen LogP contribution in [0.1, 0.15) is 232 Å². The van der Waals surface area contributed by atoms with Crippen LogP contribution in [0.5, 0.6) is 0 Å². The van der Waals surface area contributed by atoms with Crippen molar-refractivity contribution in [3.63, 3.8) is 0 Å². The van der Waals surface area contributed by atoms with E-state index in [0.29, 0.717) is 12.8 Å². The van der Waals surface area contributed by atoms with Gasteiger partial charge >= 0.3 is 11.9 Å². The summed E-state index contributed by atoms with van der Waals surface area (Å²) in [6.45, 7) is 4.17. The van der Waals surface area contributed by atoms with Crippen LogP contribution in [0.4, 0.5) is 0 Å². The molecule has 0 radical (unpaired) electrons. The first kappa shape index (κ1) is 44.9. The number of unbranched alkanes of at least 4 members (excludes halogenated alkanes) is 30. The second-order valence-electron chi connectivity index (χ2n) is 14.1. The van der Waals surface area contributed by atoms with E-state index in [2.05, 4.69) is 13.8 Å². The van der Waals surface area contributed by atoms with Crippen LogP contribution in [0.3, 0.4) is 0 Å². The van der Waals surface area contributed by atoms with E-state index in [1.807, 2.05) is 0 Å². The summed E-state index contributed by atoms with van der Waals surface area (Å²) in [6, 6.07) is 0. The number of hydrogen-bond acceptors (Lipinski definition) is 5. The SMILES string of the molecule is CCCCCCCCCCCCCCCCCCCCCC(=O)OC(CO)COC(=O)CCCCCCCCCCCCCCC. The van der Waals surface area contributed by atoms with E-state index in [4.69, 9.17) is 9.47 Å². The summed E-state index contributed by atoms with van der Waals surface area (Å²) in [5.41, 5.74) is 0. The number of ether oxygens (including phenoxy) is 2. The maximum atomic E-state index is 12.2. The van der Waals surface area contributed by atoms with Crippen LogP contribution in [0, 0.1) is 0 Å². The van der Waals surface area contributed by atoms with Gasteiger partial charge in [0, 0.05) is 12.8 Å². The zero-order valence-electron chi connectivity index (χ0n) is 31.1. The molecule has 5 nitrogen and oxygen atoms in total. The smallest absolute Gasteiger partial charge is 0.306 e. The molecule has 0 aromatic rings. The van der Waals surface area contributed by atoms with Gasteiger partial charge in [-0.3, -0.25) is 9.59 Å². The van der Waals surface area contributed by atoms with Gasteiger partial charge in [-0.05, 0) is 12.8 Å². The molecule has 0 saturated heterocycles. The Morgan fingerprint density at radius 2 is 0.674 bits per heavy atom. The fourth-order valence-electron chi connectivity index (χ4n) is 6.26. The Morgan fingerprint density at radius 3 is 0.957 bits per heavy atom. The third-order valence-electron chi connectivity index (χ3n) is 9.40. The number of esters is 2. The third-order valence-corrected chi connectivity index (χ3v) is 9.40. The molecule has 0 aromatic carbocycles. The van der Waals surface area contributed by atoms with Crippen LogP contribution < -0.4 is 0 Å². The molecule has 0 spiro atoms. The molecule has 0 aliphatic rings. The molecular formula is C41H80O5. The van der Waals surface area contributed by atoms with Crippen molar-refractivity contribution in [3.05, 3.63) is 0 Å². The summed E-state index contributed by atoms with van der Waals surface area (Å²) in [5.74, 6) is -0.574. The lowest BCUT2D eigenvalue weighted by Gasteiger charge is -2.15. The first-order valence-electron chi connectivity index (χ1n) is 20.6. The number of aliphatic hydroxyl groups is 1. The molecule has 1 unspecified atom stereocenters. The van der Waals surface area contributed by atoms with Crippen molar-refractivity contribution in [2.75, 3.05) is 13.2 Å². The van der Waals surface area contributed by atoms with Crippen LogP contribution in [0.2, 0.25) is 0 Å². The normalized spacial score (nSPS) is 12.0. The van der Waals surface area contributed by atoms with Crippen LogP contribution in [0.15, 0.2) is 0 Å². The largest absolute Gasteiger partial charge is 0.462 e. The van der Waals surface area contributed by atoms with Gasteiger partial charge in [-0.25, -0.2) is 0 Å². The second-order valence-corrected chi connectivity index (χ2v) is 14.1. The maximum absolute atomic E-state index is 12.2. The van der Waals surface area contributed by atoms with Gasteiger partial charge in [-0.1, -0.05) is 206 Å². The third kappa shape index (κ3) is 35.7. The summed E-state index contributed by atoms with van der Waals surface area (Å²) in [7, 11) is 0. The number of aliphatic hydroxyl groups excluding tert-OH is 1. The van der Waals surface area contributed by atoms with Crippen molar-refractivity contribution in [1.82, 2.24) is 0 Å². The van der Waals surface area contributed by atoms with E-state index in [0.717, 1.165) is 32.1 Å². The Morgan fingerprint density at radius 1 is 0.413 bits per heavy atom. The number of carbonyl (C=O) groups is 2. The standard InChI is InChI=1S/C41H80O5/c1-3-5-7-9-11-13-15-17-18-19-20-21-22-24-26-28-30-32-34-36-41(44)46-39(37-42)38-45-40(43)35-33-31-29-27-25-23-16-14-12-10-8-6-4-2/h39,42H,3-38H2,1-2H3. The Kier molecular flexibility index (Phi) is 37.4. The highest BCUT2D eigenvalue weighted by Crippen LogP contribution is 2.16. The van der Waals surface area contributed by atoms with Crippen molar-refractivity contribution >= 4 is 11.9 Å².